The molecule has 0 aliphatic carbocycles. The lowest BCUT2D eigenvalue weighted by Gasteiger charge is -2.43. The van der Waals surface area contributed by atoms with Crippen LogP contribution in [0.15, 0.2) is 24.4 Å². The van der Waals surface area contributed by atoms with Crippen molar-refractivity contribution in [2.45, 2.75) is 45.7 Å². The van der Waals surface area contributed by atoms with Crippen LogP contribution in [0.1, 0.15) is 44.0 Å². The third-order valence-corrected chi connectivity index (χ3v) is 8.22. The Labute approximate surface area is 196 Å². The number of nitriles is 1. The molecule has 4 rings (SSSR count). The van der Waals surface area contributed by atoms with Crippen LogP contribution in [0.5, 0.6) is 0 Å². The Hall–Kier alpha value is -2.57. The topological polar surface area (TPSA) is 80.5 Å². The number of aromatic nitrogens is 1. The Morgan fingerprint density at radius 2 is 1.88 bits per heavy atom. The summed E-state index contributed by atoms with van der Waals surface area (Å²) in [5.41, 5.74) is 1.36. The molecule has 2 unspecified atom stereocenters. The van der Waals surface area contributed by atoms with Gasteiger partial charge >= 0.3 is 0 Å². The van der Waals surface area contributed by atoms with Crippen LogP contribution < -0.4 is 4.90 Å². The van der Waals surface area contributed by atoms with Gasteiger partial charge < -0.3 is 9.80 Å². The van der Waals surface area contributed by atoms with E-state index in [0.29, 0.717) is 61.2 Å². The number of hydrogen-bond acceptors (Lipinski definition) is 5. The van der Waals surface area contributed by atoms with Gasteiger partial charge in [-0.25, -0.2) is 12.9 Å². The van der Waals surface area contributed by atoms with E-state index in [2.05, 4.69) is 16.0 Å². The molecule has 9 heteroatoms. The maximum absolute atomic E-state index is 14.3. The predicted octanol–water partition coefficient (Wildman–Crippen LogP) is 3.33. The third kappa shape index (κ3) is 4.46. The number of piperazine rings is 1. The van der Waals surface area contributed by atoms with E-state index in [1.54, 1.807) is 23.4 Å². The first-order valence-corrected chi connectivity index (χ1v) is 12.8. The highest BCUT2D eigenvalue weighted by molar-refractivity contribution is 7.81. The van der Waals surface area contributed by atoms with E-state index < -0.39 is 16.4 Å². The molecule has 0 spiro atoms. The first kappa shape index (κ1) is 23.6. The molecular formula is C24H30FN5O2S. The first-order chi connectivity index (χ1) is 15.6. The second kappa shape index (κ2) is 8.99. The fraction of sp³-hybridized carbons (Fsp3) is 0.542. The molecule has 0 N–H and O–H groups in total. The summed E-state index contributed by atoms with van der Waals surface area (Å²) in [5.74, 6) is -0.534. The van der Waals surface area contributed by atoms with Crippen LogP contribution in [-0.2, 0) is 11.0 Å². The molecule has 0 bridgehead atoms. The predicted molar refractivity (Wildman–Crippen MR) is 128 cm³/mol. The lowest BCUT2D eigenvalue weighted by Crippen LogP contribution is -2.58. The number of anilines is 1. The molecule has 2 saturated heterocycles. The Morgan fingerprint density at radius 3 is 2.45 bits per heavy atom. The van der Waals surface area contributed by atoms with E-state index >= 15 is 0 Å². The fourth-order valence-electron chi connectivity index (χ4n) is 5.13. The number of hydrogen-bond donors (Lipinski definition) is 0. The van der Waals surface area contributed by atoms with E-state index in [9.17, 15) is 18.7 Å². The van der Waals surface area contributed by atoms with Crippen molar-refractivity contribution in [3.8, 4) is 6.07 Å². The molecule has 2 aliphatic heterocycles. The first-order valence-electron chi connectivity index (χ1n) is 11.3. The molecule has 0 radical (unpaired) electrons. The molecule has 176 valence electrons. The minimum atomic E-state index is -1.12. The molecule has 3 atom stereocenters. The zero-order chi connectivity index (χ0) is 23.9. The van der Waals surface area contributed by atoms with Gasteiger partial charge in [0.05, 0.1) is 39.2 Å². The van der Waals surface area contributed by atoms with Gasteiger partial charge in [-0.2, -0.15) is 5.26 Å². The van der Waals surface area contributed by atoms with Crippen molar-refractivity contribution in [1.82, 2.24) is 14.2 Å². The van der Waals surface area contributed by atoms with Crippen LogP contribution in [0.3, 0.4) is 0 Å². The molecular weight excluding hydrogens is 441 g/mol. The number of nitrogens with zero attached hydrogens (tertiary/aromatic N) is 5. The summed E-state index contributed by atoms with van der Waals surface area (Å²) in [4.78, 5) is 22.1. The molecule has 3 heterocycles. The number of amides is 1. The van der Waals surface area contributed by atoms with E-state index in [1.807, 2.05) is 25.1 Å². The summed E-state index contributed by atoms with van der Waals surface area (Å²) < 4.78 is 28.3. The summed E-state index contributed by atoms with van der Waals surface area (Å²) in [7, 11) is -1.12. The monoisotopic (exact) mass is 471 g/mol. The Bertz CT molecular complexity index is 1130. The number of halogens is 1. The van der Waals surface area contributed by atoms with Gasteiger partial charge in [0.1, 0.15) is 5.82 Å². The number of carbonyl (C=O) groups excluding carboxylic acids is 1. The van der Waals surface area contributed by atoms with Crippen molar-refractivity contribution in [3.63, 3.8) is 0 Å². The molecule has 1 aromatic carbocycles. The largest absolute Gasteiger partial charge is 0.370 e. The maximum Gasteiger partial charge on any atom is 0.257 e. The number of pyridine rings is 1. The standard InChI is InChI=1S/C24H30FN5O2S/c1-16-13-29(14-17(2)30(16)33(4)32)23(31)20-12-27-21-6-5-18(25)11-19(21)22(20)28-9-7-24(3,15-26)8-10-28/h5-6,11-12,16-17H,7-10,13-14H2,1-4H3/t16-,17?,33?/m0/s1. The minimum Gasteiger partial charge on any atom is -0.370 e. The second-order valence-corrected chi connectivity index (χ2v) is 10.8. The van der Waals surface area contributed by atoms with Gasteiger partial charge in [0.2, 0.25) is 0 Å². The van der Waals surface area contributed by atoms with Gasteiger partial charge in [0, 0.05) is 56.1 Å². The van der Waals surface area contributed by atoms with Crippen molar-refractivity contribution in [2.24, 2.45) is 5.41 Å². The quantitative estimate of drug-likeness (QED) is 0.686. The lowest BCUT2D eigenvalue weighted by molar-refractivity contribution is 0.0565. The maximum atomic E-state index is 14.3. The number of piperidine rings is 1. The third-order valence-electron chi connectivity index (χ3n) is 6.91. The fourth-order valence-corrected chi connectivity index (χ4v) is 6.28. The SMILES string of the molecule is CC1CN(C(=O)c2cnc3ccc(F)cc3c2N2CCC(C)(C#N)CC2)C[C@H](C)N1S(C)=O. The van der Waals surface area contributed by atoms with Crippen molar-refractivity contribution < 1.29 is 13.4 Å². The molecule has 2 fully saturated rings. The van der Waals surface area contributed by atoms with E-state index in [1.165, 1.54) is 12.1 Å². The highest BCUT2D eigenvalue weighted by Gasteiger charge is 2.37. The van der Waals surface area contributed by atoms with Crippen LogP contribution >= 0.6 is 0 Å². The average Bonchev–Trinajstić information content (AvgIpc) is 2.77. The summed E-state index contributed by atoms with van der Waals surface area (Å²) in [6.07, 6.45) is 4.60. The number of benzene rings is 1. The average molecular weight is 472 g/mol. The Kier molecular flexibility index (Phi) is 6.43. The zero-order valence-corrected chi connectivity index (χ0v) is 20.4. The van der Waals surface area contributed by atoms with Gasteiger partial charge in [-0.3, -0.25) is 9.78 Å². The van der Waals surface area contributed by atoms with Crippen LogP contribution in [0.4, 0.5) is 10.1 Å². The van der Waals surface area contributed by atoms with Crippen LogP contribution in [0.25, 0.3) is 10.9 Å². The summed E-state index contributed by atoms with van der Waals surface area (Å²) >= 11 is 0. The second-order valence-electron chi connectivity index (χ2n) is 9.53. The number of carbonyl (C=O) groups is 1. The highest BCUT2D eigenvalue weighted by Crippen LogP contribution is 2.37. The summed E-state index contributed by atoms with van der Waals surface area (Å²) in [5, 5.41) is 10.1. The lowest BCUT2D eigenvalue weighted by atomic mass is 9.81. The molecule has 0 saturated carbocycles. The van der Waals surface area contributed by atoms with Crippen molar-refractivity contribution in [1.29, 1.82) is 5.26 Å². The number of fused-ring (bicyclic) bond motifs is 1. The van der Waals surface area contributed by atoms with Crippen molar-refractivity contribution >= 4 is 33.5 Å². The van der Waals surface area contributed by atoms with E-state index in [0.717, 1.165) is 0 Å². The Morgan fingerprint density at radius 1 is 1.24 bits per heavy atom. The van der Waals surface area contributed by atoms with Gasteiger partial charge in [0.25, 0.3) is 5.91 Å². The highest BCUT2D eigenvalue weighted by atomic mass is 32.2. The van der Waals surface area contributed by atoms with Gasteiger partial charge in [-0.1, -0.05) is 0 Å². The molecule has 1 aromatic heterocycles. The summed E-state index contributed by atoms with van der Waals surface area (Å²) in [6, 6.07) is 6.75. The molecule has 2 aromatic rings. The molecule has 7 nitrogen and oxygen atoms in total. The van der Waals surface area contributed by atoms with Crippen molar-refractivity contribution in [2.75, 3.05) is 37.3 Å². The summed E-state index contributed by atoms with van der Waals surface area (Å²) in [6.45, 7) is 8.02. The number of rotatable bonds is 3. The van der Waals surface area contributed by atoms with E-state index in [4.69, 9.17) is 0 Å². The molecule has 2 aliphatic rings. The minimum absolute atomic E-state index is 0.0517. The van der Waals surface area contributed by atoms with Gasteiger partial charge in [-0.15, -0.1) is 0 Å². The van der Waals surface area contributed by atoms with Crippen molar-refractivity contribution in [3.05, 3.63) is 35.8 Å². The van der Waals surface area contributed by atoms with E-state index in [-0.39, 0.29) is 23.8 Å². The van der Waals surface area contributed by atoms with Gasteiger partial charge in [0.15, 0.2) is 0 Å². The van der Waals surface area contributed by atoms with Crippen LogP contribution in [0.2, 0.25) is 0 Å². The smallest absolute Gasteiger partial charge is 0.257 e. The Balaban J connectivity index is 1.74. The van der Waals surface area contributed by atoms with Gasteiger partial charge in [-0.05, 0) is 51.8 Å². The van der Waals surface area contributed by atoms with Crippen LogP contribution in [-0.4, -0.2) is 68.8 Å². The molecule has 1 amide bonds. The normalized spacial score (nSPS) is 24.5. The zero-order valence-electron chi connectivity index (χ0n) is 19.5. The molecule has 33 heavy (non-hydrogen) atoms. The van der Waals surface area contributed by atoms with Crippen LogP contribution in [0, 0.1) is 22.6 Å².